The molecule has 11 nitrogen and oxygen atoms in total. The number of aromatic nitrogens is 8. The molecule has 0 aliphatic carbocycles. The number of rotatable bonds is 10. The Hall–Kier alpha value is -3.33. The van der Waals surface area contributed by atoms with Crippen LogP contribution in [-0.2, 0) is 9.53 Å². The van der Waals surface area contributed by atoms with Crippen LogP contribution >= 0.6 is 34.9 Å². The second-order valence-electron chi connectivity index (χ2n) is 6.99. The number of hydrogen-bond donors (Lipinski definition) is 1. The zero-order valence-electron chi connectivity index (χ0n) is 18.4. The number of carbonyl (C=O) groups excluding carboxylic acids is 1. The number of nitrogens with zero attached hydrogens (tertiary/aromatic N) is 8. The molecule has 1 amide bonds. The van der Waals surface area contributed by atoms with E-state index in [-0.39, 0.29) is 11.7 Å². The summed E-state index contributed by atoms with van der Waals surface area (Å²) in [6.45, 7) is 0.622. The van der Waals surface area contributed by atoms with Gasteiger partial charge in [0.1, 0.15) is 5.52 Å². The molecule has 35 heavy (non-hydrogen) atoms. The van der Waals surface area contributed by atoms with Gasteiger partial charge in [0.2, 0.25) is 11.0 Å². The first-order chi connectivity index (χ1) is 17.2. The number of fused-ring (bicyclic) bond motifs is 1. The fourth-order valence-corrected chi connectivity index (χ4v) is 5.62. The molecule has 3 heterocycles. The fourth-order valence-electron chi connectivity index (χ4n) is 3.13. The van der Waals surface area contributed by atoms with Crippen molar-refractivity contribution in [2.45, 2.75) is 9.50 Å². The Morgan fingerprint density at radius 3 is 2.69 bits per heavy atom. The van der Waals surface area contributed by atoms with E-state index < -0.39 is 0 Å². The lowest BCUT2D eigenvalue weighted by atomic mass is 10.3. The predicted molar refractivity (Wildman–Crippen MR) is 136 cm³/mol. The third-order valence-electron chi connectivity index (χ3n) is 4.67. The van der Waals surface area contributed by atoms with E-state index in [1.54, 1.807) is 11.8 Å². The quantitative estimate of drug-likeness (QED) is 0.165. The van der Waals surface area contributed by atoms with E-state index in [0.29, 0.717) is 22.8 Å². The smallest absolute Gasteiger partial charge is 0.259 e. The van der Waals surface area contributed by atoms with Gasteiger partial charge in [-0.15, -0.1) is 25.5 Å². The number of amides is 1. The minimum atomic E-state index is -0.213. The SMILES string of the molecule is COCCSc1nnc(NC(=O)CSc2nnc(-n3nnc4ccccc43)n2-c2ccccc2)s1. The minimum absolute atomic E-state index is 0.120. The second-order valence-corrected chi connectivity index (χ2v) is 10.3. The second kappa shape index (κ2) is 10.9. The van der Waals surface area contributed by atoms with E-state index in [0.717, 1.165) is 26.8 Å². The molecular formula is C21H19N9O2S3. The van der Waals surface area contributed by atoms with Crippen molar-refractivity contribution in [2.24, 2.45) is 0 Å². The molecule has 14 heteroatoms. The monoisotopic (exact) mass is 525 g/mol. The van der Waals surface area contributed by atoms with E-state index in [2.05, 4.69) is 36.0 Å². The van der Waals surface area contributed by atoms with Gasteiger partial charge in [0, 0.05) is 12.9 Å². The molecule has 5 aromatic rings. The molecule has 0 fully saturated rings. The fraction of sp³-hybridized carbons (Fsp3) is 0.190. The molecule has 178 valence electrons. The molecule has 1 N–H and O–H groups in total. The number of anilines is 1. The summed E-state index contributed by atoms with van der Waals surface area (Å²) in [5, 5.41) is 29.1. The van der Waals surface area contributed by atoms with Crippen molar-refractivity contribution in [3.63, 3.8) is 0 Å². The number of benzene rings is 2. The van der Waals surface area contributed by atoms with Crippen molar-refractivity contribution in [1.82, 2.24) is 40.0 Å². The maximum Gasteiger partial charge on any atom is 0.259 e. The van der Waals surface area contributed by atoms with Crippen molar-refractivity contribution in [3.8, 4) is 11.6 Å². The van der Waals surface area contributed by atoms with Gasteiger partial charge < -0.3 is 4.74 Å². The topological polar surface area (TPSA) is 126 Å². The average molecular weight is 526 g/mol. The molecule has 2 aromatic carbocycles. The van der Waals surface area contributed by atoms with E-state index in [1.807, 2.05) is 59.2 Å². The lowest BCUT2D eigenvalue weighted by Gasteiger charge is -2.10. The number of hydrogen-bond acceptors (Lipinski definition) is 11. The Kier molecular flexibility index (Phi) is 7.32. The third kappa shape index (κ3) is 5.35. The average Bonchev–Trinajstić information content (AvgIpc) is 3.61. The van der Waals surface area contributed by atoms with E-state index in [4.69, 9.17) is 4.74 Å². The molecule has 0 saturated heterocycles. The predicted octanol–water partition coefficient (Wildman–Crippen LogP) is 3.32. The summed E-state index contributed by atoms with van der Waals surface area (Å²) in [6, 6.07) is 17.3. The van der Waals surface area contributed by atoms with Gasteiger partial charge in [0.05, 0.1) is 23.6 Å². The first-order valence-corrected chi connectivity index (χ1v) is 13.2. The Labute approximate surface area is 212 Å². The Morgan fingerprint density at radius 2 is 1.83 bits per heavy atom. The highest BCUT2D eigenvalue weighted by molar-refractivity contribution is 8.01. The van der Waals surface area contributed by atoms with Crippen LogP contribution in [0.3, 0.4) is 0 Å². The maximum atomic E-state index is 12.6. The number of carbonyl (C=O) groups is 1. The van der Waals surface area contributed by atoms with Crippen LogP contribution in [-0.4, -0.2) is 71.1 Å². The largest absolute Gasteiger partial charge is 0.384 e. The van der Waals surface area contributed by atoms with Crippen LogP contribution in [0.5, 0.6) is 0 Å². The normalized spacial score (nSPS) is 11.2. The zero-order valence-corrected chi connectivity index (χ0v) is 20.9. The first kappa shape index (κ1) is 23.4. The summed E-state index contributed by atoms with van der Waals surface area (Å²) in [4.78, 5) is 12.6. The van der Waals surface area contributed by atoms with Gasteiger partial charge in [0.25, 0.3) is 5.95 Å². The molecule has 3 aromatic heterocycles. The summed E-state index contributed by atoms with van der Waals surface area (Å²) in [7, 11) is 1.65. The van der Waals surface area contributed by atoms with E-state index in [1.165, 1.54) is 34.9 Å². The molecule has 0 unspecified atom stereocenters. The zero-order chi connectivity index (χ0) is 24.0. The molecule has 0 atom stereocenters. The van der Waals surface area contributed by atoms with Crippen LogP contribution in [0.25, 0.3) is 22.7 Å². The Bertz CT molecular complexity index is 1430. The van der Waals surface area contributed by atoms with Gasteiger partial charge in [-0.2, -0.15) is 4.68 Å². The lowest BCUT2D eigenvalue weighted by Crippen LogP contribution is -2.14. The minimum Gasteiger partial charge on any atom is -0.384 e. The van der Waals surface area contributed by atoms with Crippen molar-refractivity contribution in [3.05, 3.63) is 54.6 Å². The van der Waals surface area contributed by atoms with Crippen molar-refractivity contribution in [2.75, 3.05) is 30.5 Å². The first-order valence-electron chi connectivity index (χ1n) is 10.4. The summed E-state index contributed by atoms with van der Waals surface area (Å²) in [5.74, 6) is 1.16. The van der Waals surface area contributed by atoms with Gasteiger partial charge in [0.15, 0.2) is 9.50 Å². The number of ether oxygens (including phenoxy) is 1. The highest BCUT2D eigenvalue weighted by atomic mass is 32.2. The summed E-state index contributed by atoms with van der Waals surface area (Å²) in [6.07, 6.45) is 0. The van der Waals surface area contributed by atoms with Gasteiger partial charge in [-0.05, 0) is 24.3 Å². The van der Waals surface area contributed by atoms with Crippen LogP contribution in [0, 0.1) is 0 Å². The number of thioether (sulfide) groups is 2. The van der Waals surface area contributed by atoms with Crippen molar-refractivity contribution in [1.29, 1.82) is 0 Å². The van der Waals surface area contributed by atoms with Gasteiger partial charge >= 0.3 is 0 Å². The molecule has 0 saturated carbocycles. The lowest BCUT2D eigenvalue weighted by molar-refractivity contribution is -0.113. The van der Waals surface area contributed by atoms with Crippen molar-refractivity contribution >= 4 is 56.9 Å². The molecule has 0 radical (unpaired) electrons. The Morgan fingerprint density at radius 1 is 1.00 bits per heavy atom. The summed E-state index contributed by atoms with van der Waals surface area (Å²) >= 11 is 4.13. The van der Waals surface area contributed by atoms with Crippen LogP contribution in [0.2, 0.25) is 0 Å². The number of methoxy groups -OCH3 is 1. The summed E-state index contributed by atoms with van der Waals surface area (Å²) in [5.41, 5.74) is 2.40. The van der Waals surface area contributed by atoms with Crippen LogP contribution in [0.15, 0.2) is 64.1 Å². The molecule has 0 spiro atoms. The number of nitrogens with one attached hydrogen (secondary N) is 1. The highest BCUT2D eigenvalue weighted by Crippen LogP contribution is 2.27. The van der Waals surface area contributed by atoms with E-state index in [9.17, 15) is 4.79 Å². The van der Waals surface area contributed by atoms with E-state index >= 15 is 0 Å². The Balaban J connectivity index is 1.34. The molecule has 0 aliphatic heterocycles. The molecule has 5 rings (SSSR count). The maximum absolute atomic E-state index is 12.6. The van der Waals surface area contributed by atoms with Crippen LogP contribution in [0.1, 0.15) is 0 Å². The van der Waals surface area contributed by atoms with Gasteiger partial charge in [-0.3, -0.25) is 14.7 Å². The van der Waals surface area contributed by atoms with Crippen molar-refractivity contribution < 1.29 is 9.53 Å². The molecule has 0 bridgehead atoms. The molecular weight excluding hydrogens is 506 g/mol. The van der Waals surface area contributed by atoms with Crippen LogP contribution < -0.4 is 5.32 Å². The van der Waals surface area contributed by atoms with Gasteiger partial charge in [-0.1, -0.05) is 70.4 Å². The standard InChI is InChI=1S/C21H19N9O2S3/c1-32-11-12-33-21-27-24-18(35-21)22-17(31)13-34-20-26-25-19(29(20)14-7-3-2-4-8-14)30-16-10-6-5-9-15(16)23-28-30/h2-10H,11-13H2,1H3,(H,22,24,31). The van der Waals surface area contributed by atoms with Gasteiger partial charge in [-0.25, -0.2) is 0 Å². The van der Waals surface area contributed by atoms with Crippen LogP contribution in [0.4, 0.5) is 5.13 Å². The third-order valence-corrected chi connectivity index (χ3v) is 7.54. The highest BCUT2D eigenvalue weighted by Gasteiger charge is 2.20. The molecule has 0 aliphatic rings. The number of para-hydroxylation sites is 2. The summed E-state index contributed by atoms with van der Waals surface area (Å²) < 4.78 is 9.31.